The van der Waals surface area contributed by atoms with Gasteiger partial charge in [0.25, 0.3) is 0 Å². The number of hydrogen-bond acceptors (Lipinski definition) is 3. The van der Waals surface area contributed by atoms with Crippen LogP contribution in [0.25, 0.3) is 0 Å². The SMILES string of the molecule is CCC(C)CS(=O)(=O)Cc1ccccc1CN. The molecule has 0 aliphatic rings. The van der Waals surface area contributed by atoms with Gasteiger partial charge in [0, 0.05) is 6.54 Å². The normalized spacial score (nSPS) is 13.6. The van der Waals surface area contributed by atoms with Crippen LogP contribution in [0.3, 0.4) is 0 Å². The molecule has 1 unspecified atom stereocenters. The fraction of sp³-hybridized carbons (Fsp3) is 0.538. The summed E-state index contributed by atoms with van der Waals surface area (Å²) in [6, 6.07) is 7.46. The van der Waals surface area contributed by atoms with Gasteiger partial charge in [-0.2, -0.15) is 0 Å². The summed E-state index contributed by atoms with van der Waals surface area (Å²) < 4.78 is 24.0. The summed E-state index contributed by atoms with van der Waals surface area (Å²) >= 11 is 0. The minimum absolute atomic E-state index is 0.102. The van der Waals surface area contributed by atoms with Crippen LogP contribution < -0.4 is 5.73 Å². The maximum Gasteiger partial charge on any atom is 0.154 e. The van der Waals surface area contributed by atoms with Crippen molar-refractivity contribution >= 4 is 9.84 Å². The van der Waals surface area contributed by atoms with Gasteiger partial charge in [-0.1, -0.05) is 44.5 Å². The first-order valence-corrected chi connectivity index (χ1v) is 7.78. The van der Waals surface area contributed by atoms with E-state index in [1.165, 1.54) is 0 Å². The number of hydrogen-bond donors (Lipinski definition) is 1. The van der Waals surface area contributed by atoms with E-state index in [1.807, 2.05) is 38.1 Å². The van der Waals surface area contributed by atoms with E-state index in [9.17, 15) is 8.42 Å². The summed E-state index contributed by atoms with van der Waals surface area (Å²) in [7, 11) is -3.03. The molecule has 96 valence electrons. The molecule has 1 rings (SSSR count). The number of nitrogens with two attached hydrogens (primary N) is 1. The van der Waals surface area contributed by atoms with Crippen molar-refractivity contribution in [1.29, 1.82) is 0 Å². The molecule has 0 bridgehead atoms. The monoisotopic (exact) mass is 255 g/mol. The molecule has 3 nitrogen and oxygen atoms in total. The zero-order valence-electron chi connectivity index (χ0n) is 10.5. The molecule has 1 aromatic carbocycles. The lowest BCUT2D eigenvalue weighted by molar-refractivity contribution is 0.563. The first-order valence-electron chi connectivity index (χ1n) is 5.95. The van der Waals surface area contributed by atoms with Gasteiger partial charge < -0.3 is 5.73 Å². The molecule has 1 aromatic rings. The van der Waals surface area contributed by atoms with Crippen molar-refractivity contribution in [3.63, 3.8) is 0 Å². The van der Waals surface area contributed by atoms with E-state index in [2.05, 4.69) is 0 Å². The quantitative estimate of drug-likeness (QED) is 0.847. The van der Waals surface area contributed by atoms with Gasteiger partial charge in [0.05, 0.1) is 11.5 Å². The molecule has 0 saturated heterocycles. The van der Waals surface area contributed by atoms with Crippen molar-refractivity contribution in [3.05, 3.63) is 35.4 Å². The maximum atomic E-state index is 12.0. The first kappa shape index (κ1) is 14.2. The lowest BCUT2D eigenvalue weighted by Crippen LogP contribution is -2.16. The predicted molar refractivity (Wildman–Crippen MR) is 71.3 cm³/mol. The molecular weight excluding hydrogens is 234 g/mol. The Hall–Kier alpha value is -0.870. The summed E-state index contributed by atoms with van der Waals surface area (Å²) in [5.74, 6) is 0.567. The highest BCUT2D eigenvalue weighted by Gasteiger charge is 2.16. The fourth-order valence-electron chi connectivity index (χ4n) is 1.74. The van der Waals surface area contributed by atoms with E-state index in [0.717, 1.165) is 17.5 Å². The zero-order valence-corrected chi connectivity index (χ0v) is 11.3. The number of sulfone groups is 1. The van der Waals surface area contributed by atoms with E-state index in [1.54, 1.807) is 0 Å². The van der Waals surface area contributed by atoms with E-state index < -0.39 is 9.84 Å². The minimum atomic E-state index is -3.03. The highest BCUT2D eigenvalue weighted by atomic mass is 32.2. The second kappa shape index (κ2) is 6.17. The largest absolute Gasteiger partial charge is 0.326 e. The van der Waals surface area contributed by atoms with Crippen LogP contribution >= 0.6 is 0 Å². The molecule has 0 radical (unpaired) electrons. The molecule has 0 spiro atoms. The Morgan fingerprint density at radius 3 is 2.35 bits per heavy atom. The van der Waals surface area contributed by atoms with Gasteiger partial charge in [-0.05, 0) is 17.0 Å². The molecule has 17 heavy (non-hydrogen) atoms. The molecule has 4 heteroatoms. The Morgan fingerprint density at radius 1 is 1.24 bits per heavy atom. The van der Waals surface area contributed by atoms with Crippen LogP contribution in [0.1, 0.15) is 31.4 Å². The number of benzene rings is 1. The van der Waals surface area contributed by atoms with Crippen molar-refractivity contribution in [1.82, 2.24) is 0 Å². The van der Waals surface area contributed by atoms with Crippen molar-refractivity contribution in [2.45, 2.75) is 32.6 Å². The van der Waals surface area contributed by atoms with Crippen molar-refractivity contribution < 1.29 is 8.42 Å². The Bertz CT molecular complexity index is 454. The van der Waals surface area contributed by atoms with Crippen LogP contribution in [-0.2, 0) is 22.1 Å². The van der Waals surface area contributed by atoms with Crippen LogP contribution in [-0.4, -0.2) is 14.2 Å². The molecule has 0 saturated carbocycles. The fourth-order valence-corrected chi connectivity index (χ4v) is 3.72. The highest BCUT2D eigenvalue weighted by Crippen LogP contribution is 2.15. The standard InChI is InChI=1S/C13H21NO2S/c1-3-11(2)9-17(15,16)10-13-7-5-4-6-12(13)8-14/h4-7,11H,3,8-10,14H2,1-2H3. The topological polar surface area (TPSA) is 60.2 Å². The van der Waals surface area contributed by atoms with Crippen LogP contribution in [0.2, 0.25) is 0 Å². The smallest absolute Gasteiger partial charge is 0.154 e. The van der Waals surface area contributed by atoms with Gasteiger partial charge in [0.1, 0.15) is 0 Å². The zero-order chi connectivity index (χ0) is 12.9. The molecular formula is C13H21NO2S. The third kappa shape index (κ3) is 4.48. The van der Waals surface area contributed by atoms with Gasteiger partial charge in [0.15, 0.2) is 9.84 Å². The Labute approximate surface area is 104 Å². The Morgan fingerprint density at radius 2 is 1.82 bits per heavy atom. The molecule has 0 aliphatic carbocycles. The van der Waals surface area contributed by atoms with E-state index in [4.69, 9.17) is 5.73 Å². The summed E-state index contributed by atoms with van der Waals surface area (Å²) in [6.45, 7) is 4.36. The first-order chi connectivity index (χ1) is 7.98. The lowest BCUT2D eigenvalue weighted by atomic mass is 10.1. The Kier molecular flexibility index (Phi) is 5.15. The second-order valence-electron chi connectivity index (χ2n) is 4.54. The van der Waals surface area contributed by atoms with Crippen LogP contribution in [0.15, 0.2) is 24.3 Å². The minimum Gasteiger partial charge on any atom is -0.326 e. The molecule has 0 aromatic heterocycles. The molecule has 0 amide bonds. The lowest BCUT2D eigenvalue weighted by Gasteiger charge is -2.11. The highest BCUT2D eigenvalue weighted by molar-refractivity contribution is 7.90. The molecule has 0 fully saturated rings. The van der Waals surface area contributed by atoms with Crippen LogP contribution in [0.5, 0.6) is 0 Å². The van der Waals surface area contributed by atoms with Gasteiger partial charge in [-0.3, -0.25) is 0 Å². The molecule has 0 aliphatic heterocycles. The average molecular weight is 255 g/mol. The van der Waals surface area contributed by atoms with Gasteiger partial charge >= 0.3 is 0 Å². The predicted octanol–water partition coefficient (Wildman–Crippen LogP) is 2.11. The van der Waals surface area contributed by atoms with Crippen LogP contribution in [0.4, 0.5) is 0 Å². The molecule has 2 N–H and O–H groups in total. The average Bonchev–Trinajstić information content (AvgIpc) is 2.28. The summed E-state index contributed by atoms with van der Waals surface area (Å²) in [6.07, 6.45) is 0.887. The summed E-state index contributed by atoms with van der Waals surface area (Å²) in [5.41, 5.74) is 7.35. The number of rotatable bonds is 6. The molecule has 0 heterocycles. The van der Waals surface area contributed by atoms with E-state index in [0.29, 0.717) is 6.54 Å². The molecule has 1 atom stereocenters. The third-order valence-electron chi connectivity index (χ3n) is 2.95. The van der Waals surface area contributed by atoms with E-state index >= 15 is 0 Å². The Balaban J connectivity index is 2.83. The maximum absolute atomic E-state index is 12.0. The van der Waals surface area contributed by atoms with Gasteiger partial charge in [-0.25, -0.2) is 8.42 Å². The van der Waals surface area contributed by atoms with E-state index in [-0.39, 0.29) is 17.4 Å². The van der Waals surface area contributed by atoms with Crippen molar-refractivity contribution in [2.75, 3.05) is 5.75 Å². The van der Waals surface area contributed by atoms with Gasteiger partial charge in [0.2, 0.25) is 0 Å². The second-order valence-corrected chi connectivity index (χ2v) is 6.65. The summed E-state index contributed by atoms with van der Waals surface area (Å²) in [4.78, 5) is 0. The van der Waals surface area contributed by atoms with Crippen molar-refractivity contribution in [2.24, 2.45) is 11.7 Å². The van der Waals surface area contributed by atoms with Gasteiger partial charge in [-0.15, -0.1) is 0 Å². The van der Waals surface area contributed by atoms with Crippen LogP contribution in [0, 0.1) is 5.92 Å². The summed E-state index contributed by atoms with van der Waals surface area (Å²) in [5, 5.41) is 0. The third-order valence-corrected chi connectivity index (χ3v) is 4.78. The van der Waals surface area contributed by atoms with Crippen molar-refractivity contribution in [3.8, 4) is 0 Å².